The zero-order valence-electron chi connectivity index (χ0n) is 25.0. The highest BCUT2D eigenvalue weighted by Gasteiger charge is 2.33. The van der Waals surface area contributed by atoms with Crippen molar-refractivity contribution in [1.82, 2.24) is 0 Å². The van der Waals surface area contributed by atoms with Crippen molar-refractivity contribution in [3.8, 4) is 44.5 Å². The Labute approximate surface area is 263 Å². The van der Waals surface area contributed by atoms with E-state index in [1.807, 2.05) is 11.3 Å². The third kappa shape index (κ3) is 3.76. The molecule has 0 fully saturated rings. The van der Waals surface area contributed by atoms with Gasteiger partial charge in [0.05, 0.1) is 0 Å². The molecule has 0 bridgehead atoms. The van der Waals surface area contributed by atoms with Gasteiger partial charge in [-0.15, -0.1) is 11.3 Å². The van der Waals surface area contributed by atoms with E-state index < -0.39 is 0 Å². The van der Waals surface area contributed by atoms with Crippen LogP contribution in [0.25, 0.3) is 71.4 Å². The molecule has 0 nitrogen and oxygen atoms in total. The fourth-order valence-electron chi connectivity index (χ4n) is 7.72. The number of rotatable bonds is 3. The second-order valence-corrected chi connectivity index (χ2v) is 13.8. The van der Waals surface area contributed by atoms with Crippen molar-refractivity contribution < 1.29 is 0 Å². The predicted molar refractivity (Wildman–Crippen MR) is 191 cm³/mol. The number of hydrogen-bond donors (Lipinski definition) is 0. The summed E-state index contributed by atoms with van der Waals surface area (Å²) >= 11 is 1.94. The van der Waals surface area contributed by atoms with Gasteiger partial charge >= 0.3 is 0 Å². The first-order valence-electron chi connectivity index (χ1n) is 15.7. The molecule has 6 aromatic carbocycles. The summed E-state index contributed by atoms with van der Waals surface area (Å²) in [4.78, 5) is 1.43. The van der Waals surface area contributed by atoms with Gasteiger partial charge in [-0.2, -0.15) is 0 Å². The molecule has 1 heteroatoms. The summed E-state index contributed by atoms with van der Waals surface area (Å²) in [6.07, 6.45) is 6.91. The van der Waals surface area contributed by atoms with Crippen molar-refractivity contribution in [1.29, 1.82) is 0 Å². The van der Waals surface area contributed by atoms with E-state index in [4.69, 9.17) is 0 Å². The number of benzene rings is 6. The number of fused-ring (bicyclic) bond motifs is 5. The molecule has 0 saturated carbocycles. The van der Waals surface area contributed by atoms with Crippen molar-refractivity contribution in [2.24, 2.45) is 0 Å². The maximum absolute atomic E-state index is 2.36. The molecule has 0 spiro atoms. The Morgan fingerprint density at radius 3 is 1.93 bits per heavy atom. The van der Waals surface area contributed by atoms with Crippen LogP contribution < -0.4 is 0 Å². The van der Waals surface area contributed by atoms with Gasteiger partial charge in [-0.3, -0.25) is 0 Å². The van der Waals surface area contributed by atoms with Crippen molar-refractivity contribution in [3.63, 3.8) is 0 Å². The standard InChI is InChI=1S/C43H32S/c1-43(2)38-14-5-3-9-33(38)36-26-25-31(35-12-8-15-39(43)41(35)36)29-21-17-27(18-22-29)28-19-23-30(24-20-28)32-11-7-13-37-34-10-4-6-16-40(34)44-42(32)37/h3,5-9,11-26H,4,10H2,1-2H3. The molecule has 0 aliphatic heterocycles. The van der Waals surface area contributed by atoms with Crippen LogP contribution in [0.4, 0.5) is 0 Å². The second-order valence-electron chi connectivity index (χ2n) is 12.8. The van der Waals surface area contributed by atoms with Crippen molar-refractivity contribution in [2.75, 3.05) is 0 Å². The molecule has 9 rings (SSSR count). The normalized spacial score (nSPS) is 14.5. The Balaban J connectivity index is 1.07. The van der Waals surface area contributed by atoms with E-state index in [0.29, 0.717) is 0 Å². The second kappa shape index (κ2) is 9.64. The Hall–Kier alpha value is -4.72. The maximum Gasteiger partial charge on any atom is 0.0430 e. The Bertz CT molecular complexity index is 2270. The Morgan fingerprint density at radius 1 is 0.523 bits per heavy atom. The third-order valence-electron chi connectivity index (χ3n) is 10.0. The molecule has 210 valence electrons. The lowest BCUT2D eigenvalue weighted by atomic mass is 9.68. The molecule has 0 atom stereocenters. The van der Waals surface area contributed by atoms with Crippen LogP contribution in [0.5, 0.6) is 0 Å². The van der Waals surface area contributed by atoms with E-state index >= 15 is 0 Å². The molecular formula is C43H32S. The topological polar surface area (TPSA) is 0 Å². The van der Waals surface area contributed by atoms with E-state index in [2.05, 4.69) is 147 Å². The van der Waals surface area contributed by atoms with Crippen molar-refractivity contribution in [2.45, 2.75) is 32.1 Å². The number of aryl methyl sites for hydroxylation is 1. The minimum Gasteiger partial charge on any atom is -0.135 e. The zero-order chi connectivity index (χ0) is 29.4. The van der Waals surface area contributed by atoms with E-state index in [9.17, 15) is 0 Å². The van der Waals surface area contributed by atoms with Crippen LogP contribution in [0, 0.1) is 0 Å². The smallest absolute Gasteiger partial charge is 0.0430 e. The fraction of sp³-hybridized carbons (Fsp3) is 0.116. The van der Waals surface area contributed by atoms with Crippen LogP contribution in [0.1, 0.15) is 41.8 Å². The van der Waals surface area contributed by atoms with Crippen LogP contribution >= 0.6 is 11.3 Å². The fourth-order valence-corrected chi connectivity index (χ4v) is 9.04. The number of hydrogen-bond acceptors (Lipinski definition) is 1. The first kappa shape index (κ1) is 25.7. The molecule has 2 aliphatic carbocycles. The first-order valence-corrected chi connectivity index (χ1v) is 16.5. The minimum absolute atomic E-state index is 0.0385. The molecule has 0 saturated heterocycles. The summed E-state index contributed by atoms with van der Waals surface area (Å²) in [6.45, 7) is 4.73. The first-order chi connectivity index (χ1) is 21.6. The van der Waals surface area contributed by atoms with Crippen molar-refractivity contribution >= 4 is 38.3 Å². The largest absolute Gasteiger partial charge is 0.135 e. The van der Waals surface area contributed by atoms with Gasteiger partial charge in [0.1, 0.15) is 0 Å². The van der Waals surface area contributed by atoms with Gasteiger partial charge in [0.2, 0.25) is 0 Å². The molecular weight excluding hydrogens is 549 g/mol. The van der Waals surface area contributed by atoms with Gasteiger partial charge in [0.15, 0.2) is 0 Å². The van der Waals surface area contributed by atoms with Gasteiger partial charge < -0.3 is 0 Å². The summed E-state index contributed by atoms with van der Waals surface area (Å²) in [6, 6.07) is 45.5. The van der Waals surface area contributed by atoms with Crippen LogP contribution in [0.2, 0.25) is 0 Å². The Kier molecular flexibility index (Phi) is 5.64. The van der Waals surface area contributed by atoms with Crippen LogP contribution in [0.3, 0.4) is 0 Å². The molecule has 44 heavy (non-hydrogen) atoms. The highest BCUT2D eigenvalue weighted by molar-refractivity contribution is 7.20. The van der Waals surface area contributed by atoms with Crippen LogP contribution in [0.15, 0.2) is 127 Å². The van der Waals surface area contributed by atoms with Crippen molar-refractivity contribution in [3.05, 3.63) is 149 Å². The quantitative estimate of drug-likeness (QED) is 0.195. The molecule has 7 aromatic rings. The lowest BCUT2D eigenvalue weighted by Gasteiger charge is -2.35. The molecule has 0 radical (unpaired) electrons. The SMILES string of the molecule is CC1(C)c2ccccc2-c2ccc(-c3ccc(-c4ccc(-c5cccc6c7c(sc56)C=CCC7)cc4)cc3)c3cccc1c23. The van der Waals surface area contributed by atoms with Crippen LogP contribution in [-0.2, 0) is 11.8 Å². The number of allylic oxidation sites excluding steroid dienone is 1. The molecule has 1 heterocycles. The Morgan fingerprint density at radius 2 is 1.14 bits per heavy atom. The summed E-state index contributed by atoms with van der Waals surface area (Å²) in [5.74, 6) is 0. The van der Waals surface area contributed by atoms with Crippen LogP contribution in [-0.4, -0.2) is 0 Å². The summed E-state index contributed by atoms with van der Waals surface area (Å²) in [7, 11) is 0. The molecule has 2 aliphatic rings. The zero-order valence-corrected chi connectivity index (χ0v) is 25.8. The van der Waals surface area contributed by atoms with Gasteiger partial charge in [-0.05, 0) is 96.3 Å². The third-order valence-corrected chi connectivity index (χ3v) is 11.3. The van der Waals surface area contributed by atoms with E-state index in [0.717, 1.165) is 12.8 Å². The highest BCUT2D eigenvalue weighted by atomic mass is 32.1. The maximum atomic E-state index is 2.36. The molecule has 1 aromatic heterocycles. The van der Waals surface area contributed by atoms with E-state index in [1.165, 1.54) is 86.9 Å². The lowest BCUT2D eigenvalue weighted by Crippen LogP contribution is -2.23. The number of thiophene rings is 1. The van der Waals surface area contributed by atoms with E-state index in [-0.39, 0.29) is 5.41 Å². The molecule has 0 N–H and O–H groups in total. The highest BCUT2D eigenvalue weighted by Crippen LogP contribution is 2.50. The summed E-state index contributed by atoms with van der Waals surface area (Å²) < 4.78 is 1.41. The predicted octanol–water partition coefficient (Wildman–Crippen LogP) is 12.3. The average Bonchev–Trinajstić information content (AvgIpc) is 3.46. The molecule has 0 amide bonds. The van der Waals surface area contributed by atoms with Gasteiger partial charge in [-0.25, -0.2) is 0 Å². The summed E-state index contributed by atoms with van der Waals surface area (Å²) in [5, 5.41) is 4.16. The van der Waals surface area contributed by atoms with E-state index in [1.54, 1.807) is 0 Å². The summed E-state index contributed by atoms with van der Waals surface area (Å²) in [5.41, 5.74) is 14.7. The minimum atomic E-state index is -0.0385. The lowest BCUT2D eigenvalue weighted by molar-refractivity contribution is 0.645. The van der Waals surface area contributed by atoms with Gasteiger partial charge in [-0.1, -0.05) is 141 Å². The average molecular weight is 581 g/mol. The molecule has 0 unspecified atom stereocenters. The van der Waals surface area contributed by atoms with Gasteiger partial charge in [0.25, 0.3) is 0 Å². The van der Waals surface area contributed by atoms with Gasteiger partial charge in [0, 0.05) is 15.0 Å². The monoisotopic (exact) mass is 580 g/mol.